The van der Waals surface area contributed by atoms with E-state index in [1.54, 1.807) is 0 Å². The van der Waals surface area contributed by atoms with Gasteiger partial charge in [-0.1, -0.05) is 20.8 Å². The number of likely N-dealkylation sites (tertiary alicyclic amines) is 1. The van der Waals surface area contributed by atoms with Gasteiger partial charge in [0.1, 0.15) is 0 Å². The fraction of sp³-hybridized carbons (Fsp3) is 0.950. The molecule has 1 aliphatic heterocycles. The summed E-state index contributed by atoms with van der Waals surface area (Å²) in [5.41, 5.74) is 0.999. The van der Waals surface area contributed by atoms with Gasteiger partial charge in [0.05, 0.1) is 0 Å². The van der Waals surface area contributed by atoms with Gasteiger partial charge in [-0.2, -0.15) is 0 Å². The zero-order valence-corrected chi connectivity index (χ0v) is 14.9. The van der Waals surface area contributed by atoms with Crippen molar-refractivity contribution < 1.29 is 4.79 Å². The summed E-state index contributed by atoms with van der Waals surface area (Å²) in [6, 6.07) is 0.512. The van der Waals surface area contributed by atoms with Gasteiger partial charge in [-0.15, -0.1) is 0 Å². The number of carbonyl (C=O) groups excluding carboxylic acids is 1. The van der Waals surface area contributed by atoms with Crippen LogP contribution in [0.1, 0.15) is 72.1 Å². The Labute approximate surface area is 136 Å². The largest absolute Gasteiger partial charge is 0.342 e. The van der Waals surface area contributed by atoms with Gasteiger partial charge >= 0.3 is 0 Å². The molecule has 3 aliphatic carbocycles. The van der Waals surface area contributed by atoms with E-state index < -0.39 is 0 Å². The molecule has 0 aromatic carbocycles. The topological polar surface area (TPSA) is 20.3 Å². The van der Waals surface area contributed by atoms with Crippen molar-refractivity contribution in [3.63, 3.8) is 0 Å². The lowest BCUT2D eigenvalue weighted by Crippen LogP contribution is -2.61. The van der Waals surface area contributed by atoms with Crippen LogP contribution in [0.5, 0.6) is 0 Å². The second kappa shape index (κ2) is 4.74. The number of piperidine rings is 1. The first-order valence-electron chi connectivity index (χ1n) is 9.63. The summed E-state index contributed by atoms with van der Waals surface area (Å²) in [4.78, 5) is 14.3. The van der Waals surface area contributed by atoms with Gasteiger partial charge < -0.3 is 4.90 Å². The second-order valence-corrected chi connectivity index (χ2v) is 9.50. The molecule has 0 spiro atoms. The molecule has 0 bridgehead atoms. The van der Waals surface area contributed by atoms with Gasteiger partial charge in [0, 0.05) is 19.5 Å². The number of carbonyl (C=O) groups is 1. The van der Waals surface area contributed by atoms with Crippen LogP contribution in [-0.4, -0.2) is 23.9 Å². The Morgan fingerprint density at radius 1 is 0.955 bits per heavy atom. The van der Waals surface area contributed by atoms with Crippen LogP contribution in [0.15, 0.2) is 0 Å². The van der Waals surface area contributed by atoms with Crippen LogP contribution < -0.4 is 0 Å². The van der Waals surface area contributed by atoms with E-state index in [-0.39, 0.29) is 0 Å². The fourth-order valence-electron chi connectivity index (χ4n) is 7.41. The highest BCUT2D eigenvalue weighted by atomic mass is 16.2. The average Bonchev–Trinajstić information content (AvgIpc) is 2.79. The van der Waals surface area contributed by atoms with Gasteiger partial charge in [0.25, 0.3) is 0 Å². The third-order valence-corrected chi connectivity index (χ3v) is 9.03. The Hall–Kier alpha value is -0.530. The number of hydrogen-bond donors (Lipinski definition) is 0. The second-order valence-electron chi connectivity index (χ2n) is 9.50. The molecule has 4 rings (SSSR count). The molecule has 124 valence electrons. The molecule has 4 aliphatic rings. The van der Waals surface area contributed by atoms with E-state index in [0.29, 0.717) is 22.8 Å². The monoisotopic (exact) mass is 303 g/mol. The van der Waals surface area contributed by atoms with E-state index in [9.17, 15) is 4.79 Å². The van der Waals surface area contributed by atoms with E-state index in [0.717, 1.165) is 36.5 Å². The highest BCUT2D eigenvalue weighted by Crippen LogP contribution is 2.65. The van der Waals surface area contributed by atoms with Crippen molar-refractivity contribution >= 4 is 5.91 Å². The van der Waals surface area contributed by atoms with E-state index in [1.807, 2.05) is 0 Å². The van der Waals surface area contributed by atoms with Crippen molar-refractivity contribution in [1.82, 2.24) is 4.90 Å². The predicted molar refractivity (Wildman–Crippen MR) is 89.3 cm³/mol. The van der Waals surface area contributed by atoms with Crippen LogP contribution in [0.3, 0.4) is 0 Å². The first-order valence-corrected chi connectivity index (χ1v) is 9.63. The van der Waals surface area contributed by atoms with Crippen LogP contribution in [0.25, 0.3) is 0 Å². The van der Waals surface area contributed by atoms with E-state index in [2.05, 4.69) is 32.7 Å². The highest BCUT2D eigenvalue weighted by Gasteiger charge is 2.60. The lowest BCUT2D eigenvalue weighted by molar-refractivity contribution is -0.158. The molecule has 4 fully saturated rings. The summed E-state index contributed by atoms with van der Waals surface area (Å²) in [7, 11) is 2.06. The van der Waals surface area contributed by atoms with Gasteiger partial charge in [-0.05, 0) is 79.4 Å². The standard InChI is InChI=1S/C20H33NO/c1-13-5-7-15-14-6-8-17-20(3,12-10-18(22)21(17)4)16(14)9-11-19(13,15)2/h13-17H,5-12H2,1-4H3/t13?,14?,15?,16?,17-,19-,20-/m1/s1. The van der Waals surface area contributed by atoms with Crippen LogP contribution >= 0.6 is 0 Å². The number of nitrogens with zero attached hydrogens (tertiary/aromatic N) is 1. The molecule has 0 N–H and O–H groups in total. The Kier molecular flexibility index (Phi) is 3.24. The molecule has 22 heavy (non-hydrogen) atoms. The molecule has 7 atom stereocenters. The smallest absolute Gasteiger partial charge is 0.222 e. The Balaban J connectivity index is 1.65. The number of hydrogen-bond acceptors (Lipinski definition) is 1. The normalized spacial score (nSPS) is 54.6. The van der Waals surface area contributed by atoms with Crippen LogP contribution in [0, 0.1) is 34.5 Å². The Morgan fingerprint density at radius 3 is 2.45 bits per heavy atom. The summed E-state index contributed by atoms with van der Waals surface area (Å²) >= 11 is 0. The zero-order valence-electron chi connectivity index (χ0n) is 14.9. The maximum absolute atomic E-state index is 12.2. The van der Waals surface area contributed by atoms with Crippen LogP contribution in [-0.2, 0) is 4.79 Å². The Bertz CT molecular complexity index is 488. The maximum Gasteiger partial charge on any atom is 0.222 e. The van der Waals surface area contributed by atoms with Crippen LogP contribution in [0.4, 0.5) is 0 Å². The molecule has 0 radical (unpaired) electrons. The fourth-order valence-corrected chi connectivity index (χ4v) is 7.41. The molecular weight excluding hydrogens is 270 g/mol. The first-order chi connectivity index (χ1) is 10.4. The van der Waals surface area contributed by atoms with E-state index in [1.165, 1.54) is 38.5 Å². The summed E-state index contributed by atoms with van der Waals surface area (Å²) in [5, 5.41) is 0. The molecule has 1 saturated heterocycles. The minimum absolute atomic E-state index is 0.385. The molecule has 4 unspecified atom stereocenters. The first kappa shape index (κ1) is 15.0. The van der Waals surface area contributed by atoms with Gasteiger partial charge in [0.2, 0.25) is 5.91 Å². The van der Waals surface area contributed by atoms with E-state index in [4.69, 9.17) is 0 Å². The lowest BCUT2D eigenvalue weighted by atomic mass is 9.47. The molecular formula is C20H33NO. The Morgan fingerprint density at radius 2 is 1.68 bits per heavy atom. The van der Waals surface area contributed by atoms with Gasteiger partial charge in [-0.3, -0.25) is 4.79 Å². The molecule has 3 saturated carbocycles. The minimum Gasteiger partial charge on any atom is -0.342 e. The minimum atomic E-state index is 0.385. The number of rotatable bonds is 0. The van der Waals surface area contributed by atoms with Gasteiger partial charge in [0.15, 0.2) is 0 Å². The van der Waals surface area contributed by atoms with Crippen molar-refractivity contribution in [2.75, 3.05) is 7.05 Å². The molecule has 0 aromatic heterocycles. The number of amides is 1. The number of fused-ring (bicyclic) bond motifs is 5. The predicted octanol–water partition coefficient (Wildman–Crippen LogP) is 4.49. The van der Waals surface area contributed by atoms with Crippen molar-refractivity contribution in [2.45, 2.75) is 78.2 Å². The SMILES string of the molecule is CC1CCC2C3CC[C@H]4N(C)C(=O)CC[C@]4(C)C3CC[C@]12C. The highest BCUT2D eigenvalue weighted by molar-refractivity contribution is 5.77. The van der Waals surface area contributed by atoms with Gasteiger partial charge in [-0.25, -0.2) is 0 Å². The average molecular weight is 303 g/mol. The summed E-state index contributed by atoms with van der Waals surface area (Å²) in [5.74, 6) is 4.06. The summed E-state index contributed by atoms with van der Waals surface area (Å²) in [6.07, 6.45) is 10.3. The molecule has 1 heterocycles. The quantitative estimate of drug-likeness (QED) is 0.646. The van der Waals surface area contributed by atoms with Crippen molar-refractivity contribution in [3.05, 3.63) is 0 Å². The van der Waals surface area contributed by atoms with E-state index >= 15 is 0 Å². The maximum atomic E-state index is 12.2. The zero-order chi connectivity index (χ0) is 15.7. The molecule has 2 nitrogen and oxygen atoms in total. The third-order valence-electron chi connectivity index (χ3n) is 9.03. The third kappa shape index (κ3) is 1.76. The molecule has 2 heteroatoms. The van der Waals surface area contributed by atoms with Crippen molar-refractivity contribution in [1.29, 1.82) is 0 Å². The van der Waals surface area contributed by atoms with Crippen LogP contribution in [0.2, 0.25) is 0 Å². The molecule has 0 aromatic rings. The van der Waals surface area contributed by atoms with Crippen molar-refractivity contribution in [2.24, 2.45) is 34.5 Å². The lowest BCUT2D eigenvalue weighted by Gasteiger charge is -2.61. The summed E-state index contributed by atoms with van der Waals surface area (Å²) < 4.78 is 0. The molecule has 1 amide bonds. The summed E-state index contributed by atoms with van der Waals surface area (Å²) in [6.45, 7) is 7.62. The van der Waals surface area contributed by atoms with Crippen molar-refractivity contribution in [3.8, 4) is 0 Å².